The molecule has 2 aromatic rings. The molecule has 2 rings (SSSR count). The van der Waals surface area contributed by atoms with Crippen LogP contribution in [0.2, 0.25) is 10.0 Å². The Labute approximate surface area is 126 Å². The van der Waals surface area contributed by atoms with Crippen LogP contribution < -0.4 is 5.32 Å². The molecule has 0 saturated carbocycles. The van der Waals surface area contributed by atoms with E-state index in [9.17, 15) is 4.79 Å². The fourth-order valence-electron chi connectivity index (χ4n) is 1.52. The molecule has 0 aliphatic heterocycles. The molecule has 1 amide bonds. The first-order valence-electron chi connectivity index (χ1n) is 5.50. The van der Waals surface area contributed by atoms with E-state index in [-0.39, 0.29) is 5.91 Å². The molecule has 0 atom stereocenters. The van der Waals surface area contributed by atoms with Crippen molar-refractivity contribution < 1.29 is 4.79 Å². The Morgan fingerprint density at radius 2 is 1.74 bits per heavy atom. The van der Waals surface area contributed by atoms with Gasteiger partial charge in [-0.3, -0.25) is 4.79 Å². The van der Waals surface area contributed by atoms with Crippen LogP contribution in [0.4, 0.5) is 5.69 Å². The molecule has 0 aliphatic rings. The molecule has 0 heterocycles. The number of halogens is 2. The van der Waals surface area contributed by atoms with E-state index in [2.05, 4.69) is 5.32 Å². The minimum absolute atomic E-state index is 0.175. The summed E-state index contributed by atoms with van der Waals surface area (Å²) < 4.78 is 0. The molecule has 0 radical (unpaired) electrons. The summed E-state index contributed by atoms with van der Waals surface area (Å²) in [4.78, 5) is 13.1. The number of carbonyl (C=O) groups excluding carboxylic acids is 1. The third kappa shape index (κ3) is 3.66. The van der Waals surface area contributed by atoms with Crippen molar-refractivity contribution in [2.75, 3.05) is 11.6 Å². The Morgan fingerprint density at radius 3 is 2.32 bits per heavy atom. The van der Waals surface area contributed by atoms with Crippen LogP contribution in [0.5, 0.6) is 0 Å². The van der Waals surface area contributed by atoms with Crippen molar-refractivity contribution in [3.8, 4) is 0 Å². The SMILES string of the molecule is CSc1ccc(C(=O)Nc2ccc(Cl)c(Cl)c2)cc1. The van der Waals surface area contributed by atoms with E-state index in [0.717, 1.165) is 4.90 Å². The van der Waals surface area contributed by atoms with E-state index < -0.39 is 0 Å². The van der Waals surface area contributed by atoms with Crippen molar-refractivity contribution in [1.82, 2.24) is 0 Å². The molecule has 98 valence electrons. The summed E-state index contributed by atoms with van der Waals surface area (Å²) in [5.74, 6) is -0.175. The quantitative estimate of drug-likeness (QED) is 0.811. The highest BCUT2D eigenvalue weighted by Gasteiger charge is 2.07. The molecule has 2 aromatic carbocycles. The van der Waals surface area contributed by atoms with E-state index in [1.807, 2.05) is 18.4 Å². The van der Waals surface area contributed by atoms with Crippen molar-refractivity contribution >= 4 is 46.6 Å². The molecule has 0 aromatic heterocycles. The maximum atomic E-state index is 12.0. The molecule has 0 saturated heterocycles. The first kappa shape index (κ1) is 14.3. The van der Waals surface area contributed by atoms with Crippen LogP contribution in [0.1, 0.15) is 10.4 Å². The van der Waals surface area contributed by atoms with Crippen LogP contribution in [0, 0.1) is 0 Å². The smallest absolute Gasteiger partial charge is 0.255 e. The van der Waals surface area contributed by atoms with Crippen LogP contribution in [-0.2, 0) is 0 Å². The highest BCUT2D eigenvalue weighted by atomic mass is 35.5. The summed E-state index contributed by atoms with van der Waals surface area (Å²) in [7, 11) is 0. The lowest BCUT2D eigenvalue weighted by Gasteiger charge is -2.06. The number of hydrogen-bond acceptors (Lipinski definition) is 2. The van der Waals surface area contributed by atoms with E-state index in [0.29, 0.717) is 21.3 Å². The van der Waals surface area contributed by atoms with Gasteiger partial charge >= 0.3 is 0 Å². The number of carbonyl (C=O) groups is 1. The van der Waals surface area contributed by atoms with Crippen LogP contribution in [-0.4, -0.2) is 12.2 Å². The number of anilines is 1. The predicted octanol–water partition coefficient (Wildman–Crippen LogP) is 4.97. The summed E-state index contributed by atoms with van der Waals surface area (Å²) in [5, 5.41) is 3.65. The number of thioether (sulfide) groups is 1. The Bertz CT molecular complexity index is 599. The average Bonchev–Trinajstić information content (AvgIpc) is 2.43. The maximum Gasteiger partial charge on any atom is 0.255 e. The number of rotatable bonds is 3. The first-order chi connectivity index (χ1) is 9.10. The van der Waals surface area contributed by atoms with Gasteiger partial charge in [0.05, 0.1) is 10.0 Å². The molecule has 0 spiro atoms. The average molecular weight is 312 g/mol. The lowest BCUT2D eigenvalue weighted by Crippen LogP contribution is -2.11. The van der Waals surface area contributed by atoms with Crippen molar-refractivity contribution in [2.24, 2.45) is 0 Å². The van der Waals surface area contributed by atoms with Gasteiger partial charge < -0.3 is 5.32 Å². The Kier molecular flexibility index (Phi) is 4.75. The molecule has 0 fully saturated rings. The largest absolute Gasteiger partial charge is 0.322 e. The lowest BCUT2D eigenvalue weighted by molar-refractivity contribution is 0.102. The second-order valence-corrected chi connectivity index (χ2v) is 5.51. The third-order valence-corrected chi connectivity index (χ3v) is 4.01. The fourth-order valence-corrected chi connectivity index (χ4v) is 2.23. The topological polar surface area (TPSA) is 29.1 Å². The number of nitrogens with one attached hydrogen (secondary N) is 1. The van der Waals surface area contributed by atoms with Gasteiger partial charge in [-0.15, -0.1) is 11.8 Å². The van der Waals surface area contributed by atoms with Gasteiger partial charge in [-0.25, -0.2) is 0 Å². The van der Waals surface area contributed by atoms with Crippen LogP contribution in [0.25, 0.3) is 0 Å². The molecule has 0 bridgehead atoms. The normalized spacial score (nSPS) is 10.3. The van der Waals surface area contributed by atoms with E-state index in [1.165, 1.54) is 0 Å². The van der Waals surface area contributed by atoms with Gasteiger partial charge in [0.1, 0.15) is 0 Å². The van der Waals surface area contributed by atoms with Crippen molar-refractivity contribution in [3.05, 3.63) is 58.1 Å². The second-order valence-electron chi connectivity index (χ2n) is 3.81. The zero-order valence-electron chi connectivity index (χ0n) is 10.1. The number of hydrogen-bond donors (Lipinski definition) is 1. The molecule has 0 unspecified atom stereocenters. The Morgan fingerprint density at radius 1 is 1.05 bits per heavy atom. The summed E-state index contributed by atoms with van der Waals surface area (Å²) in [6.45, 7) is 0. The third-order valence-electron chi connectivity index (χ3n) is 2.53. The van der Waals surface area contributed by atoms with Crippen LogP contribution >= 0.6 is 35.0 Å². The van der Waals surface area contributed by atoms with E-state index >= 15 is 0 Å². The highest BCUT2D eigenvalue weighted by Crippen LogP contribution is 2.25. The van der Waals surface area contributed by atoms with Crippen LogP contribution in [0.15, 0.2) is 47.4 Å². The van der Waals surface area contributed by atoms with Crippen molar-refractivity contribution in [1.29, 1.82) is 0 Å². The predicted molar refractivity (Wildman–Crippen MR) is 82.6 cm³/mol. The van der Waals surface area contributed by atoms with Gasteiger partial charge in [-0.05, 0) is 48.7 Å². The fraction of sp³-hybridized carbons (Fsp3) is 0.0714. The first-order valence-corrected chi connectivity index (χ1v) is 7.48. The zero-order valence-corrected chi connectivity index (χ0v) is 12.4. The van der Waals surface area contributed by atoms with Gasteiger partial charge in [0, 0.05) is 16.1 Å². The molecule has 0 aliphatic carbocycles. The standard InChI is InChI=1S/C14H11Cl2NOS/c1-19-11-5-2-9(3-6-11)14(18)17-10-4-7-12(15)13(16)8-10/h2-8H,1H3,(H,17,18). The van der Waals surface area contributed by atoms with Gasteiger partial charge in [-0.2, -0.15) is 0 Å². The zero-order chi connectivity index (χ0) is 13.8. The van der Waals surface area contributed by atoms with E-state index in [1.54, 1.807) is 42.1 Å². The minimum Gasteiger partial charge on any atom is -0.322 e. The minimum atomic E-state index is -0.175. The summed E-state index contributed by atoms with van der Waals surface area (Å²) >= 11 is 13.4. The van der Waals surface area contributed by atoms with Crippen LogP contribution in [0.3, 0.4) is 0 Å². The highest BCUT2D eigenvalue weighted by molar-refractivity contribution is 7.98. The van der Waals surface area contributed by atoms with Crippen molar-refractivity contribution in [2.45, 2.75) is 4.90 Å². The van der Waals surface area contributed by atoms with Gasteiger partial charge in [0.2, 0.25) is 0 Å². The monoisotopic (exact) mass is 311 g/mol. The van der Waals surface area contributed by atoms with Gasteiger partial charge in [0.15, 0.2) is 0 Å². The molecule has 2 nitrogen and oxygen atoms in total. The molecule has 5 heteroatoms. The summed E-state index contributed by atoms with van der Waals surface area (Å²) in [5.41, 5.74) is 1.22. The Hall–Kier alpha value is -1.16. The molecular weight excluding hydrogens is 301 g/mol. The lowest BCUT2D eigenvalue weighted by atomic mass is 10.2. The summed E-state index contributed by atoms with van der Waals surface area (Å²) in [6.07, 6.45) is 1.99. The second kappa shape index (κ2) is 6.33. The van der Waals surface area contributed by atoms with E-state index in [4.69, 9.17) is 23.2 Å². The maximum absolute atomic E-state index is 12.0. The summed E-state index contributed by atoms with van der Waals surface area (Å²) in [6, 6.07) is 12.4. The van der Waals surface area contributed by atoms with Gasteiger partial charge in [0.25, 0.3) is 5.91 Å². The number of amides is 1. The van der Waals surface area contributed by atoms with Gasteiger partial charge in [-0.1, -0.05) is 23.2 Å². The molecule has 19 heavy (non-hydrogen) atoms. The Balaban J connectivity index is 2.13. The molecular formula is C14H11Cl2NOS. The number of benzene rings is 2. The van der Waals surface area contributed by atoms with Crippen molar-refractivity contribution in [3.63, 3.8) is 0 Å². The molecule has 1 N–H and O–H groups in total.